The standard InChI is InChI=1S/C12H23NO/c1-11(2,3)8-10(14)13-7-6-12(4,5)9-13/h6-9H2,1-5H3. The molecule has 0 unspecified atom stereocenters. The molecule has 1 rings (SSSR count). The first-order valence-electron chi connectivity index (χ1n) is 5.47. The van der Waals surface area contributed by atoms with Gasteiger partial charge >= 0.3 is 0 Å². The topological polar surface area (TPSA) is 20.3 Å². The monoisotopic (exact) mass is 197 g/mol. The van der Waals surface area contributed by atoms with E-state index >= 15 is 0 Å². The molecule has 0 N–H and O–H groups in total. The lowest BCUT2D eigenvalue weighted by Gasteiger charge is -2.24. The van der Waals surface area contributed by atoms with Crippen molar-refractivity contribution in [1.82, 2.24) is 4.90 Å². The highest BCUT2D eigenvalue weighted by molar-refractivity contribution is 5.77. The molecule has 0 aliphatic carbocycles. The Kier molecular flexibility index (Phi) is 2.93. The summed E-state index contributed by atoms with van der Waals surface area (Å²) in [5.74, 6) is 0.322. The van der Waals surface area contributed by atoms with Gasteiger partial charge in [-0.25, -0.2) is 0 Å². The third kappa shape index (κ3) is 3.32. The highest BCUT2D eigenvalue weighted by Gasteiger charge is 2.32. The van der Waals surface area contributed by atoms with Gasteiger partial charge in [-0.15, -0.1) is 0 Å². The average molecular weight is 197 g/mol. The Hall–Kier alpha value is -0.530. The maximum absolute atomic E-state index is 11.9. The van der Waals surface area contributed by atoms with Gasteiger partial charge in [0.2, 0.25) is 5.91 Å². The highest BCUT2D eigenvalue weighted by Crippen LogP contribution is 2.30. The average Bonchev–Trinajstić information content (AvgIpc) is 2.26. The number of rotatable bonds is 1. The SMILES string of the molecule is CC(C)(C)CC(=O)N1CCC(C)(C)C1. The van der Waals surface area contributed by atoms with Crippen molar-refractivity contribution in [1.29, 1.82) is 0 Å². The summed E-state index contributed by atoms with van der Waals surface area (Å²) in [4.78, 5) is 13.9. The van der Waals surface area contributed by atoms with Gasteiger partial charge in [0.05, 0.1) is 0 Å². The lowest BCUT2D eigenvalue weighted by molar-refractivity contribution is -0.132. The summed E-state index contributed by atoms with van der Waals surface area (Å²) < 4.78 is 0. The Morgan fingerprint density at radius 3 is 2.29 bits per heavy atom. The fourth-order valence-corrected chi connectivity index (χ4v) is 1.89. The molecule has 0 aromatic carbocycles. The fourth-order valence-electron chi connectivity index (χ4n) is 1.89. The molecular weight excluding hydrogens is 174 g/mol. The molecule has 1 aliphatic heterocycles. The maximum atomic E-state index is 11.9. The lowest BCUT2D eigenvalue weighted by Crippen LogP contribution is -2.32. The molecule has 0 atom stereocenters. The van der Waals surface area contributed by atoms with E-state index < -0.39 is 0 Å². The summed E-state index contributed by atoms with van der Waals surface area (Å²) in [6.45, 7) is 12.7. The van der Waals surface area contributed by atoms with E-state index in [-0.39, 0.29) is 5.41 Å². The van der Waals surface area contributed by atoms with Crippen LogP contribution in [0.5, 0.6) is 0 Å². The van der Waals surface area contributed by atoms with E-state index in [2.05, 4.69) is 34.6 Å². The molecule has 14 heavy (non-hydrogen) atoms. The summed E-state index contributed by atoms with van der Waals surface area (Å²) in [7, 11) is 0. The van der Waals surface area contributed by atoms with E-state index in [0.717, 1.165) is 19.5 Å². The van der Waals surface area contributed by atoms with Crippen LogP contribution in [-0.4, -0.2) is 23.9 Å². The number of amides is 1. The van der Waals surface area contributed by atoms with Crippen molar-refractivity contribution in [3.8, 4) is 0 Å². The fraction of sp³-hybridized carbons (Fsp3) is 0.917. The molecule has 1 amide bonds. The molecule has 2 nitrogen and oxygen atoms in total. The number of hydrogen-bond donors (Lipinski definition) is 0. The maximum Gasteiger partial charge on any atom is 0.223 e. The van der Waals surface area contributed by atoms with E-state index in [1.54, 1.807) is 0 Å². The molecule has 0 saturated carbocycles. The van der Waals surface area contributed by atoms with Crippen LogP contribution < -0.4 is 0 Å². The molecule has 0 aromatic heterocycles. The second kappa shape index (κ2) is 3.56. The zero-order valence-electron chi connectivity index (χ0n) is 10.2. The number of carbonyl (C=O) groups excluding carboxylic acids is 1. The zero-order chi connectivity index (χ0) is 11.0. The Morgan fingerprint density at radius 1 is 1.36 bits per heavy atom. The van der Waals surface area contributed by atoms with Crippen molar-refractivity contribution in [3.63, 3.8) is 0 Å². The van der Waals surface area contributed by atoms with Gasteiger partial charge in [0, 0.05) is 19.5 Å². The smallest absolute Gasteiger partial charge is 0.223 e. The molecule has 0 radical (unpaired) electrons. The van der Waals surface area contributed by atoms with Crippen LogP contribution in [0.2, 0.25) is 0 Å². The molecule has 1 fully saturated rings. The lowest BCUT2D eigenvalue weighted by atomic mass is 9.91. The van der Waals surface area contributed by atoms with Crippen LogP contribution in [0, 0.1) is 10.8 Å². The Balaban J connectivity index is 2.48. The molecular formula is C12H23NO. The second-order valence-corrected chi connectivity index (χ2v) is 6.47. The number of hydrogen-bond acceptors (Lipinski definition) is 1. The molecule has 2 heteroatoms. The minimum atomic E-state index is 0.115. The molecule has 0 aromatic rings. The van der Waals surface area contributed by atoms with Gasteiger partial charge in [-0.3, -0.25) is 4.79 Å². The summed E-state index contributed by atoms with van der Waals surface area (Å²) in [5.41, 5.74) is 0.442. The predicted molar refractivity (Wildman–Crippen MR) is 59.1 cm³/mol. The second-order valence-electron chi connectivity index (χ2n) is 6.47. The van der Waals surface area contributed by atoms with Crippen molar-refractivity contribution in [2.75, 3.05) is 13.1 Å². The molecule has 1 heterocycles. The summed E-state index contributed by atoms with van der Waals surface area (Å²) in [6.07, 6.45) is 1.81. The molecule has 82 valence electrons. The van der Waals surface area contributed by atoms with Crippen molar-refractivity contribution in [2.24, 2.45) is 10.8 Å². The summed E-state index contributed by atoms with van der Waals surface area (Å²) >= 11 is 0. The Labute approximate surface area is 87.7 Å². The van der Waals surface area contributed by atoms with E-state index in [9.17, 15) is 4.79 Å². The molecule has 1 aliphatic rings. The predicted octanol–water partition coefficient (Wildman–Crippen LogP) is 2.68. The van der Waals surface area contributed by atoms with Crippen LogP contribution >= 0.6 is 0 Å². The minimum absolute atomic E-state index is 0.115. The quantitative estimate of drug-likeness (QED) is 0.633. The van der Waals surface area contributed by atoms with E-state index in [4.69, 9.17) is 0 Å². The summed E-state index contributed by atoms with van der Waals surface area (Å²) in [6, 6.07) is 0. The third-order valence-electron chi connectivity index (χ3n) is 2.71. The first-order chi connectivity index (χ1) is 6.20. The van der Waals surface area contributed by atoms with E-state index in [1.165, 1.54) is 0 Å². The Morgan fingerprint density at radius 2 is 1.93 bits per heavy atom. The van der Waals surface area contributed by atoms with Gasteiger partial charge in [0.1, 0.15) is 0 Å². The number of carbonyl (C=O) groups is 1. The van der Waals surface area contributed by atoms with Crippen molar-refractivity contribution in [3.05, 3.63) is 0 Å². The van der Waals surface area contributed by atoms with Crippen LogP contribution in [0.15, 0.2) is 0 Å². The van der Waals surface area contributed by atoms with E-state index in [1.807, 2.05) is 4.90 Å². The van der Waals surface area contributed by atoms with Crippen LogP contribution in [0.4, 0.5) is 0 Å². The van der Waals surface area contributed by atoms with Crippen LogP contribution in [-0.2, 0) is 4.79 Å². The van der Waals surface area contributed by atoms with Crippen molar-refractivity contribution in [2.45, 2.75) is 47.5 Å². The molecule has 0 spiro atoms. The minimum Gasteiger partial charge on any atom is -0.342 e. The largest absolute Gasteiger partial charge is 0.342 e. The highest BCUT2D eigenvalue weighted by atomic mass is 16.2. The summed E-state index contributed by atoms with van der Waals surface area (Å²) in [5, 5.41) is 0. The van der Waals surface area contributed by atoms with E-state index in [0.29, 0.717) is 17.7 Å². The van der Waals surface area contributed by atoms with Gasteiger partial charge < -0.3 is 4.90 Å². The number of nitrogens with zero attached hydrogens (tertiary/aromatic N) is 1. The van der Waals surface area contributed by atoms with Crippen LogP contribution in [0.3, 0.4) is 0 Å². The Bertz CT molecular complexity index is 225. The van der Waals surface area contributed by atoms with Gasteiger partial charge in [0.15, 0.2) is 0 Å². The third-order valence-corrected chi connectivity index (χ3v) is 2.71. The van der Waals surface area contributed by atoms with Crippen LogP contribution in [0.25, 0.3) is 0 Å². The van der Waals surface area contributed by atoms with Crippen molar-refractivity contribution >= 4 is 5.91 Å². The first kappa shape index (κ1) is 11.5. The zero-order valence-corrected chi connectivity index (χ0v) is 10.2. The molecule has 1 saturated heterocycles. The number of likely N-dealkylation sites (tertiary alicyclic amines) is 1. The molecule has 0 bridgehead atoms. The van der Waals surface area contributed by atoms with Crippen LogP contribution in [0.1, 0.15) is 47.5 Å². The first-order valence-corrected chi connectivity index (χ1v) is 5.47. The van der Waals surface area contributed by atoms with Crippen molar-refractivity contribution < 1.29 is 4.79 Å². The van der Waals surface area contributed by atoms with Gasteiger partial charge in [0.25, 0.3) is 0 Å². The van der Waals surface area contributed by atoms with Gasteiger partial charge in [-0.1, -0.05) is 34.6 Å². The van der Waals surface area contributed by atoms with Gasteiger partial charge in [-0.2, -0.15) is 0 Å². The van der Waals surface area contributed by atoms with Gasteiger partial charge in [-0.05, 0) is 17.3 Å². The normalized spacial score (nSPS) is 21.4.